The third-order valence-corrected chi connectivity index (χ3v) is 12.8. The summed E-state index contributed by atoms with van der Waals surface area (Å²) in [6, 6.07) is 15.6. The molecule has 56 heavy (non-hydrogen) atoms. The number of alkyl carbamates (subject to hydrolysis) is 1. The van der Waals surface area contributed by atoms with Crippen molar-refractivity contribution in [2.24, 2.45) is 17.8 Å². The van der Waals surface area contributed by atoms with E-state index in [1.165, 1.54) is 14.2 Å². The van der Waals surface area contributed by atoms with Gasteiger partial charge in [-0.25, -0.2) is 19.7 Å². The Morgan fingerprint density at radius 3 is 2.16 bits per heavy atom. The fourth-order valence-electron chi connectivity index (χ4n) is 9.03. The van der Waals surface area contributed by atoms with Gasteiger partial charge in [-0.15, -0.1) is 11.3 Å². The number of aromatic nitrogens is 5. The van der Waals surface area contributed by atoms with Gasteiger partial charge >= 0.3 is 6.09 Å². The van der Waals surface area contributed by atoms with Crippen molar-refractivity contribution in [3.8, 4) is 33.6 Å². The Hall–Kier alpha value is -5.34. The summed E-state index contributed by atoms with van der Waals surface area (Å²) in [6.07, 6.45) is 9.97. The number of aromatic amines is 2. The van der Waals surface area contributed by atoms with Gasteiger partial charge in [-0.05, 0) is 73.1 Å². The summed E-state index contributed by atoms with van der Waals surface area (Å²) in [4.78, 5) is 61.8. The molecule has 3 amide bonds. The van der Waals surface area contributed by atoms with E-state index in [-0.39, 0.29) is 29.7 Å². The summed E-state index contributed by atoms with van der Waals surface area (Å²) in [5.74, 6) is 2.48. The van der Waals surface area contributed by atoms with E-state index in [0.29, 0.717) is 30.7 Å². The van der Waals surface area contributed by atoms with Crippen LogP contribution in [0.5, 0.6) is 0 Å². The highest BCUT2D eigenvalue weighted by atomic mass is 32.1. The molecule has 2 bridgehead atoms. The molecule has 5 aromatic rings. The quantitative estimate of drug-likeness (QED) is 0.105. The molecular weight excluding hydrogens is 729 g/mol. The molecule has 2 aliphatic carbocycles. The van der Waals surface area contributed by atoms with Gasteiger partial charge in [0.05, 0.1) is 54.0 Å². The molecule has 3 fully saturated rings. The maximum absolute atomic E-state index is 13.6. The van der Waals surface area contributed by atoms with Crippen LogP contribution >= 0.6 is 11.3 Å². The van der Waals surface area contributed by atoms with Crippen LogP contribution in [0.25, 0.3) is 33.6 Å². The van der Waals surface area contributed by atoms with Gasteiger partial charge in [0.15, 0.2) is 0 Å². The number of carbonyl (C=O) groups is 3. The number of likely N-dealkylation sites (tertiary alicyclic amines) is 1. The summed E-state index contributed by atoms with van der Waals surface area (Å²) in [6.45, 7) is 2.90. The van der Waals surface area contributed by atoms with E-state index in [1.54, 1.807) is 35.6 Å². The summed E-state index contributed by atoms with van der Waals surface area (Å²) in [5.41, 5.74) is 6.01. The van der Waals surface area contributed by atoms with Crippen LogP contribution in [0.4, 0.5) is 4.79 Å². The summed E-state index contributed by atoms with van der Waals surface area (Å²) in [7, 11) is 2.77. The van der Waals surface area contributed by atoms with Crippen molar-refractivity contribution in [1.82, 2.24) is 40.5 Å². The number of imidazole rings is 2. The van der Waals surface area contributed by atoms with Crippen molar-refractivity contribution in [2.75, 3.05) is 27.3 Å². The number of benzene rings is 2. The number of hydrogen-bond donors (Lipinski definition) is 4. The maximum Gasteiger partial charge on any atom is 0.407 e. The van der Waals surface area contributed by atoms with Gasteiger partial charge in [0.2, 0.25) is 11.8 Å². The van der Waals surface area contributed by atoms with Gasteiger partial charge in [0.25, 0.3) is 0 Å². The van der Waals surface area contributed by atoms with Crippen LogP contribution < -0.4 is 10.6 Å². The fraction of sp³-hybridized carbons (Fsp3) is 0.429. The number of fused-ring (bicyclic) bond motifs is 2. The minimum Gasteiger partial charge on any atom is -0.453 e. The molecule has 2 saturated carbocycles. The first-order chi connectivity index (χ1) is 27.3. The first-order valence-electron chi connectivity index (χ1n) is 19.5. The molecule has 4 heterocycles. The predicted octanol–water partition coefficient (Wildman–Crippen LogP) is 6.50. The van der Waals surface area contributed by atoms with E-state index in [4.69, 9.17) is 14.5 Å². The molecule has 1 aliphatic heterocycles. The molecule has 4 N–H and O–H groups in total. The minimum absolute atomic E-state index is 0.0519. The van der Waals surface area contributed by atoms with Crippen molar-refractivity contribution in [2.45, 2.75) is 69.6 Å². The van der Waals surface area contributed by atoms with Crippen molar-refractivity contribution >= 4 is 29.2 Å². The average Bonchev–Trinajstić information content (AvgIpc) is 4.09. The third kappa shape index (κ3) is 7.59. The number of hydrogen-bond acceptors (Lipinski definition) is 9. The second-order valence-electron chi connectivity index (χ2n) is 15.1. The maximum atomic E-state index is 13.6. The number of nitrogens with one attached hydrogen (secondary N) is 4. The number of amides is 3. The monoisotopic (exact) mass is 776 g/mol. The number of thiazole rings is 1. The Labute approximate surface area is 330 Å². The van der Waals surface area contributed by atoms with Crippen molar-refractivity contribution < 1.29 is 23.9 Å². The lowest BCUT2D eigenvalue weighted by atomic mass is 9.78. The second-order valence-corrected chi connectivity index (χ2v) is 16.1. The highest BCUT2D eigenvalue weighted by Crippen LogP contribution is 2.56. The van der Waals surface area contributed by atoms with Gasteiger partial charge in [0.1, 0.15) is 17.7 Å². The molecule has 292 valence electrons. The smallest absolute Gasteiger partial charge is 0.407 e. The molecule has 0 spiro atoms. The first kappa shape index (κ1) is 37.6. The third-order valence-electron chi connectivity index (χ3n) is 12.0. The molecule has 0 radical (unpaired) electrons. The molecule has 14 heteroatoms. The van der Waals surface area contributed by atoms with Gasteiger partial charge in [-0.3, -0.25) is 9.59 Å². The Kier molecular flexibility index (Phi) is 11.0. The lowest BCUT2D eigenvalue weighted by Gasteiger charge is -2.30. The molecule has 2 aromatic carbocycles. The zero-order valence-electron chi connectivity index (χ0n) is 31.9. The zero-order chi connectivity index (χ0) is 38.8. The summed E-state index contributed by atoms with van der Waals surface area (Å²) < 4.78 is 10.2. The molecule has 8 rings (SSSR count). The van der Waals surface area contributed by atoms with Crippen LogP contribution in [0.2, 0.25) is 0 Å². The van der Waals surface area contributed by atoms with Crippen LogP contribution in [-0.2, 0) is 25.5 Å². The van der Waals surface area contributed by atoms with Gasteiger partial charge in [-0.1, -0.05) is 48.5 Å². The Bertz CT molecular complexity index is 2130. The number of carbonyl (C=O) groups excluding carboxylic acids is 3. The molecular formula is C42H48N8O5S. The Morgan fingerprint density at radius 2 is 1.52 bits per heavy atom. The number of ether oxygens (including phenoxy) is 2. The van der Waals surface area contributed by atoms with E-state index in [9.17, 15) is 14.4 Å². The largest absolute Gasteiger partial charge is 0.453 e. The molecule has 3 aliphatic rings. The standard InChI is InChI=1S/C42H48N8O5S/c1-24(54-2)37(49-42(53)55-3)41(52)50-19-4-5-33(50)38-45-22-31(47-38)27-10-6-25(7-11-27)26-8-12-28(13-9-26)32-23-46-39(48-32)35-29-14-15-30(21-29)36(35)40(51)44-17-16-34-43-18-20-56-34/h6-13,18,20,22-24,29-30,33,35-37H,4-5,14-17,19,21H2,1-3H3,(H,44,51)(H,45,47)(H,46,48)(H,49,53)/t24-,29?,30?,33+,35?,36+,37+/m1/s1. The fourth-order valence-corrected chi connectivity index (χ4v) is 9.65. The number of methoxy groups -OCH3 is 2. The van der Waals surface area contributed by atoms with Crippen LogP contribution in [0.1, 0.15) is 67.6 Å². The lowest BCUT2D eigenvalue weighted by molar-refractivity contribution is -0.137. The Morgan fingerprint density at radius 1 is 0.875 bits per heavy atom. The van der Waals surface area contributed by atoms with Gasteiger partial charge < -0.3 is 35.0 Å². The normalized spacial score (nSPS) is 22.6. The van der Waals surface area contributed by atoms with E-state index < -0.39 is 18.2 Å². The number of H-pyrrole nitrogens is 2. The zero-order valence-corrected chi connectivity index (χ0v) is 32.7. The van der Waals surface area contributed by atoms with E-state index in [0.717, 1.165) is 83.0 Å². The average molecular weight is 777 g/mol. The molecule has 13 nitrogen and oxygen atoms in total. The topological polar surface area (TPSA) is 167 Å². The van der Waals surface area contributed by atoms with E-state index in [2.05, 4.69) is 79.1 Å². The number of nitrogens with zero attached hydrogens (tertiary/aromatic N) is 4. The van der Waals surface area contributed by atoms with Crippen molar-refractivity contribution in [3.05, 3.63) is 89.2 Å². The number of rotatable bonds is 13. The minimum atomic E-state index is -0.884. The van der Waals surface area contributed by atoms with E-state index >= 15 is 0 Å². The van der Waals surface area contributed by atoms with Crippen LogP contribution in [0.3, 0.4) is 0 Å². The predicted molar refractivity (Wildman–Crippen MR) is 212 cm³/mol. The van der Waals surface area contributed by atoms with Crippen molar-refractivity contribution in [3.63, 3.8) is 0 Å². The highest BCUT2D eigenvalue weighted by Gasteiger charge is 2.52. The first-order valence-corrected chi connectivity index (χ1v) is 20.3. The van der Waals surface area contributed by atoms with Gasteiger partial charge in [0, 0.05) is 44.1 Å². The molecule has 3 unspecified atom stereocenters. The second kappa shape index (κ2) is 16.4. The Balaban J connectivity index is 0.910. The molecule has 3 aromatic heterocycles. The van der Waals surface area contributed by atoms with E-state index in [1.807, 2.05) is 11.6 Å². The molecule has 7 atom stereocenters. The summed E-state index contributed by atoms with van der Waals surface area (Å²) >= 11 is 1.62. The SMILES string of the molecule is COC(=O)N[C@H](C(=O)N1CCC[C@H]1c1ncc(-c2ccc(-c3ccc(-c4cnc(C5C6CCC(C6)[C@@H]5C(=O)NCCc5nccs5)[nH]4)cc3)cc2)[nH]1)[C@@H](C)OC. The summed E-state index contributed by atoms with van der Waals surface area (Å²) in [5, 5.41) is 8.84. The van der Waals surface area contributed by atoms with Crippen LogP contribution in [0.15, 0.2) is 72.5 Å². The van der Waals surface area contributed by atoms with Crippen molar-refractivity contribution in [1.29, 1.82) is 0 Å². The molecule has 1 saturated heterocycles. The van der Waals surface area contributed by atoms with Gasteiger partial charge in [-0.2, -0.15) is 0 Å². The lowest BCUT2D eigenvalue weighted by Crippen LogP contribution is -2.54. The van der Waals surface area contributed by atoms with Crippen LogP contribution in [0, 0.1) is 17.8 Å². The van der Waals surface area contributed by atoms with Crippen LogP contribution in [-0.4, -0.2) is 87.2 Å². The highest BCUT2D eigenvalue weighted by molar-refractivity contribution is 7.09.